The van der Waals surface area contributed by atoms with Crippen molar-refractivity contribution >= 4 is 17.3 Å². The molecule has 0 aromatic heterocycles. The Bertz CT molecular complexity index is 634. The Morgan fingerprint density at radius 3 is 2.38 bits per heavy atom. The van der Waals surface area contributed by atoms with Gasteiger partial charge in [-0.05, 0) is 42.8 Å². The lowest BCUT2D eigenvalue weighted by molar-refractivity contribution is 0.385. The molecule has 0 saturated heterocycles. The van der Waals surface area contributed by atoms with Gasteiger partial charge < -0.3 is 14.8 Å². The minimum Gasteiger partial charge on any atom is -0.495 e. The molecule has 1 N–H and O–H groups in total. The monoisotopic (exact) mass is 309 g/mol. The molecule has 0 aliphatic heterocycles. The van der Waals surface area contributed by atoms with E-state index in [0.717, 1.165) is 11.3 Å². The molecule has 5 heteroatoms. The largest absolute Gasteiger partial charge is 0.495 e. The Balaban J connectivity index is 2.17. The number of methoxy groups -OCH3 is 2. The van der Waals surface area contributed by atoms with Crippen LogP contribution in [0.2, 0.25) is 5.02 Å². The van der Waals surface area contributed by atoms with Crippen molar-refractivity contribution in [1.29, 1.82) is 0 Å². The SMILES string of the molecule is COc1cc(C(C)Nc2ccc(OC)c(Cl)c2)ccc1F. The van der Waals surface area contributed by atoms with Crippen molar-refractivity contribution in [3.63, 3.8) is 0 Å². The quantitative estimate of drug-likeness (QED) is 0.870. The summed E-state index contributed by atoms with van der Waals surface area (Å²) in [6, 6.07) is 10.2. The molecule has 112 valence electrons. The summed E-state index contributed by atoms with van der Waals surface area (Å²) in [4.78, 5) is 0. The first-order chi connectivity index (χ1) is 10.0. The molecule has 0 heterocycles. The molecular formula is C16H17ClFNO2. The van der Waals surface area contributed by atoms with Gasteiger partial charge in [0, 0.05) is 11.7 Å². The van der Waals surface area contributed by atoms with Crippen LogP contribution >= 0.6 is 11.6 Å². The third kappa shape index (κ3) is 3.58. The zero-order chi connectivity index (χ0) is 15.4. The van der Waals surface area contributed by atoms with Crippen molar-refractivity contribution in [1.82, 2.24) is 0 Å². The number of anilines is 1. The van der Waals surface area contributed by atoms with E-state index in [-0.39, 0.29) is 17.6 Å². The molecule has 0 fully saturated rings. The molecule has 21 heavy (non-hydrogen) atoms. The maximum Gasteiger partial charge on any atom is 0.165 e. The smallest absolute Gasteiger partial charge is 0.165 e. The lowest BCUT2D eigenvalue weighted by atomic mass is 10.1. The summed E-state index contributed by atoms with van der Waals surface area (Å²) >= 11 is 6.09. The summed E-state index contributed by atoms with van der Waals surface area (Å²) in [6.07, 6.45) is 0. The highest BCUT2D eigenvalue weighted by Gasteiger charge is 2.10. The Hall–Kier alpha value is -1.94. The molecule has 1 unspecified atom stereocenters. The molecule has 2 rings (SSSR count). The zero-order valence-corrected chi connectivity index (χ0v) is 12.9. The number of benzene rings is 2. The van der Waals surface area contributed by atoms with Gasteiger partial charge in [-0.1, -0.05) is 17.7 Å². The Kier molecular flexibility index (Phi) is 4.91. The van der Waals surface area contributed by atoms with Gasteiger partial charge >= 0.3 is 0 Å². The van der Waals surface area contributed by atoms with E-state index in [1.807, 2.05) is 13.0 Å². The van der Waals surface area contributed by atoms with Gasteiger partial charge in [0.05, 0.1) is 19.2 Å². The molecule has 0 radical (unpaired) electrons. The van der Waals surface area contributed by atoms with Crippen LogP contribution < -0.4 is 14.8 Å². The van der Waals surface area contributed by atoms with Crippen molar-refractivity contribution in [3.8, 4) is 11.5 Å². The van der Waals surface area contributed by atoms with Crippen LogP contribution in [0.15, 0.2) is 36.4 Å². The van der Waals surface area contributed by atoms with E-state index in [0.29, 0.717) is 10.8 Å². The molecule has 0 spiro atoms. The van der Waals surface area contributed by atoms with E-state index in [9.17, 15) is 4.39 Å². The minimum atomic E-state index is -0.374. The molecule has 0 saturated carbocycles. The van der Waals surface area contributed by atoms with Crippen LogP contribution in [0.1, 0.15) is 18.5 Å². The molecule has 0 amide bonds. The van der Waals surface area contributed by atoms with E-state index in [1.165, 1.54) is 13.2 Å². The lowest BCUT2D eigenvalue weighted by Crippen LogP contribution is -2.07. The summed E-state index contributed by atoms with van der Waals surface area (Å²) in [6.45, 7) is 1.98. The van der Waals surface area contributed by atoms with Crippen LogP contribution in [-0.4, -0.2) is 14.2 Å². The summed E-state index contributed by atoms with van der Waals surface area (Å²) in [7, 11) is 3.02. The average Bonchev–Trinajstić information content (AvgIpc) is 2.48. The van der Waals surface area contributed by atoms with E-state index in [1.54, 1.807) is 31.4 Å². The van der Waals surface area contributed by atoms with Gasteiger partial charge in [0.2, 0.25) is 0 Å². The molecule has 3 nitrogen and oxygen atoms in total. The third-order valence-corrected chi connectivity index (χ3v) is 3.51. The van der Waals surface area contributed by atoms with Crippen LogP contribution in [0, 0.1) is 5.82 Å². The van der Waals surface area contributed by atoms with Crippen LogP contribution in [0.4, 0.5) is 10.1 Å². The zero-order valence-electron chi connectivity index (χ0n) is 12.1. The van der Waals surface area contributed by atoms with Gasteiger partial charge in [-0.3, -0.25) is 0 Å². The van der Waals surface area contributed by atoms with Crippen molar-refractivity contribution in [2.75, 3.05) is 19.5 Å². The number of nitrogens with one attached hydrogen (secondary N) is 1. The van der Waals surface area contributed by atoms with Crippen molar-refractivity contribution in [2.24, 2.45) is 0 Å². The van der Waals surface area contributed by atoms with Crippen molar-refractivity contribution < 1.29 is 13.9 Å². The first-order valence-corrected chi connectivity index (χ1v) is 6.86. The maximum absolute atomic E-state index is 13.4. The number of halogens is 2. The normalized spacial score (nSPS) is 11.9. The van der Waals surface area contributed by atoms with E-state index < -0.39 is 0 Å². The molecule has 0 bridgehead atoms. The third-order valence-electron chi connectivity index (χ3n) is 3.21. The Morgan fingerprint density at radius 1 is 1.05 bits per heavy atom. The molecular weight excluding hydrogens is 293 g/mol. The Labute approximate surface area is 128 Å². The molecule has 0 aliphatic rings. The first kappa shape index (κ1) is 15.4. The Morgan fingerprint density at radius 2 is 1.76 bits per heavy atom. The van der Waals surface area contributed by atoms with Crippen LogP contribution in [0.25, 0.3) is 0 Å². The van der Waals surface area contributed by atoms with Gasteiger partial charge in [-0.15, -0.1) is 0 Å². The first-order valence-electron chi connectivity index (χ1n) is 6.48. The topological polar surface area (TPSA) is 30.5 Å². The lowest BCUT2D eigenvalue weighted by Gasteiger charge is -2.17. The molecule has 1 atom stereocenters. The fraction of sp³-hybridized carbons (Fsp3) is 0.250. The number of ether oxygens (including phenoxy) is 2. The van der Waals surface area contributed by atoms with E-state index in [2.05, 4.69) is 5.32 Å². The second kappa shape index (κ2) is 6.68. The summed E-state index contributed by atoms with van der Waals surface area (Å²) in [5, 5.41) is 3.84. The minimum absolute atomic E-state index is 0.0241. The predicted molar refractivity (Wildman–Crippen MR) is 83.0 cm³/mol. The van der Waals surface area contributed by atoms with Crippen LogP contribution in [0.5, 0.6) is 11.5 Å². The number of rotatable bonds is 5. The van der Waals surface area contributed by atoms with E-state index in [4.69, 9.17) is 21.1 Å². The van der Waals surface area contributed by atoms with Gasteiger partial charge in [0.25, 0.3) is 0 Å². The predicted octanol–water partition coefficient (Wildman–Crippen LogP) is 4.67. The number of hydrogen-bond donors (Lipinski definition) is 1. The summed E-state index contributed by atoms with van der Waals surface area (Å²) in [5.41, 5.74) is 1.77. The van der Waals surface area contributed by atoms with Crippen LogP contribution in [0.3, 0.4) is 0 Å². The van der Waals surface area contributed by atoms with E-state index >= 15 is 0 Å². The maximum atomic E-state index is 13.4. The highest BCUT2D eigenvalue weighted by molar-refractivity contribution is 6.32. The van der Waals surface area contributed by atoms with Crippen LogP contribution in [-0.2, 0) is 0 Å². The van der Waals surface area contributed by atoms with Gasteiger partial charge in [-0.25, -0.2) is 4.39 Å². The second-order valence-electron chi connectivity index (χ2n) is 4.61. The molecule has 2 aromatic carbocycles. The highest BCUT2D eigenvalue weighted by Crippen LogP contribution is 2.30. The van der Waals surface area contributed by atoms with Gasteiger partial charge in [0.1, 0.15) is 5.75 Å². The highest BCUT2D eigenvalue weighted by atomic mass is 35.5. The van der Waals surface area contributed by atoms with Gasteiger partial charge in [-0.2, -0.15) is 0 Å². The summed E-state index contributed by atoms with van der Waals surface area (Å²) < 4.78 is 23.5. The number of hydrogen-bond acceptors (Lipinski definition) is 3. The summed E-state index contributed by atoms with van der Waals surface area (Å²) in [5.74, 6) is 0.480. The molecule has 2 aromatic rings. The van der Waals surface area contributed by atoms with Gasteiger partial charge in [0.15, 0.2) is 11.6 Å². The fourth-order valence-electron chi connectivity index (χ4n) is 2.04. The molecule has 0 aliphatic carbocycles. The van der Waals surface area contributed by atoms with Crippen molar-refractivity contribution in [2.45, 2.75) is 13.0 Å². The average molecular weight is 310 g/mol. The fourth-order valence-corrected chi connectivity index (χ4v) is 2.29. The standard InChI is InChI=1S/C16H17ClFNO2/c1-10(11-4-6-14(18)16(8-11)21-3)19-12-5-7-15(20-2)13(17)9-12/h4-10,19H,1-3H3. The van der Waals surface area contributed by atoms with Crippen molar-refractivity contribution in [3.05, 3.63) is 52.8 Å². The second-order valence-corrected chi connectivity index (χ2v) is 5.02.